The molecule has 28 heavy (non-hydrogen) atoms. The van der Waals surface area contributed by atoms with Gasteiger partial charge in [0, 0.05) is 31.5 Å². The van der Waals surface area contributed by atoms with Crippen LogP contribution >= 0.6 is 0 Å². The summed E-state index contributed by atoms with van der Waals surface area (Å²) in [7, 11) is 0. The summed E-state index contributed by atoms with van der Waals surface area (Å²) in [5, 5.41) is 0. The Hall–Kier alpha value is -1.67. The fraction of sp³-hybridized carbons (Fsp3) is 0.458. The number of rotatable bonds is 10. The summed E-state index contributed by atoms with van der Waals surface area (Å²) >= 11 is 0. The molecule has 0 unspecified atom stereocenters. The van der Waals surface area contributed by atoms with Crippen molar-refractivity contribution in [3.63, 3.8) is 0 Å². The second kappa shape index (κ2) is 12.0. The summed E-state index contributed by atoms with van der Waals surface area (Å²) in [6.07, 6.45) is 10.6. The predicted molar refractivity (Wildman–Crippen MR) is 109 cm³/mol. The summed E-state index contributed by atoms with van der Waals surface area (Å²) in [6, 6.07) is 13.6. The van der Waals surface area contributed by atoms with E-state index in [1.54, 1.807) is 0 Å². The van der Waals surface area contributed by atoms with Gasteiger partial charge in [0.2, 0.25) is 0 Å². The standard InChI is InChI=1S/C24H30O3.Zn/c1-2-3-4-5-6-7-8-11-17-26-24(25)20-14-12-16-23-21(20)18-19-13-9-10-15-22(19)27-23;/h9-10,12-16H,2-8,11,17-18H2,1H3;. The van der Waals surface area contributed by atoms with E-state index in [2.05, 4.69) is 6.92 Å². The molecule has 0 aliphatic carbocycles. The van der Waals surface area contributed by atoms with Crippen molar-refractivity contribution in [2.24, 2.45) is 0 Å². The van der Waals surface area contributed by atoms with Gasteiger partial charge in [-0.25, -0.2) is 4.79 Å². The van der Waals surface area contributed by atoms with E-state index in [-0.39, 0.29) is 25.4 Å². The fourth-order valence-electron chi connectivity index (χ4n) is 3.57. The molecule has 2 aromatic rings. The van der Waals surface area contributed by atoms with Crippen LogP contribution in [0.5, 0.6) is 11.5 Å². The van der Waals surface area contributed by atoms with Gasteiger partial charge in [0.1, 0.15) is 11.5 Å². The molecule has 1 aliphatic rings. The van der Waals surface area contributed by atoms with Gasteiger partial charge in [-0.3, -0.25) is 0 Å². The quantitative estimate of drug-likeness (QED) is 0.204. The van der Waals surface area contributed by atoms with Crippen LogP contribution in [0.3, 0.4) is 0 Å². The number of esters is 1. The number of hydrogen-bond donors (Lipinski definition) is 0. The molecule has 4 heteroatoms. The summed E-state index contributed by atoms with van der Waals surface area (Å²) < 4.78 is 11.5. The molecule has 0 atom stereocenters. The van der Waals surface area contributed by atoms with E-state index >= 15 is 0 Å². The van der Waals surface area contributed by atoms with Gasteiger partial charge in [-0.2, -0.15) is 0 Å². The van der Waals surface area contributed by atoms with E-state index in [9.17, 15) is 4.79 Å². The topological polar surface area (TPSA) is 35.5 Å². The second-order valence-corrected chi connectivity index (χ2v) is 7.28. The van der Waals surface area contributed by atoms with Gasteiger partial charge < -0.3 is 9.47 Å². The van der Waals surface area contributed by atoms with Crippen LogP contribution in [0.1, 0.15) is 79.8 Å². The predicted octanol–water partition coefficient (Wildman–Crippen LogP) is 6.68. The van der Waals surface area contributed by atoms with Crippen LogP contribution in [0.15, 0.2) is 42.5 Å². The molecule has 0 fully saturated rings. The summed E-state index contributed by atoms with van der Waals surface area (Å²) in [6.45, 7) is 2.73. The molecular weight excluding hydrogens is 402 g/mol. The van der Waals surface area contributed by atoms with Crippen molar-refractivity contribution in [3.8, 4) is 11.5 Å². The number of para-hydroxylation sites is 1. The number of carbonyl (C=O) groups is 1. The molecule has 0 bridgehead atoms. The van der Waals surface area contributed by atoms with Crippen LogP contribution in [0.2, 0.25) is 0 Å². The third kappa shape index (κ3) is 6.17. The van der Waals surface area contributed by atoms with Gasteiger partial charge in [0.15, 0.2) is 0 Å². The zero-order valence-electron chi connectivity index (χ0n) is 17.0. The van der Waals surface area contributed by atoms with E-state index in [0.717, 1.165) is 35.5 Å². The van der Waals surface area contributed by atoms with Crippen molar-refractivity contribution in [3.05, 3.63) is 59.2 Å². The van der Waals surface area contributed by atoms with Crippen molar-refractivity contribution in [1.82, 2.24) is 0 Å². The molecule has 3 rings (SSSR count). The average Bonchev–Trinajstić information content (AvgIpc) is 2.70. The van der Waals surface area contributed by atoms with E-state index < -0.39 is 0 Å². The molecule has 146 valence electrons. The first kappa shape index (κ1) is 22.6. The maximum Gasteiger partial charge on any atom is 0.338 e. The molecular formula is C24H30O3Zn. The fourth-order valence-corrected chi connectivity index (χ4v) is 3.57. The average molecular weight is 432 g/mol. The molecule has 0 aromatic heterocycles. The Morgan fingerprint density at radius 2 is 1.57 bits per heavy atom. The number of carbonyl (C=O) groups excluding carboxylic acids is 1. The third-order valence-corrected chi connectivity index (χ3v) is 5.14. The van der Waals surface area contributed by atoms with Gasteiger partial charge in [0.05, 0.1) is 12.2 Å². The Bertz CT molecular complexity index is 757. The molecule has 1 aliphatic heterocycles. The molecule has 0 saturated carbocycles. The minimum atomic E-state index is -0.238. The molecule has 0 amide bonds. The summed E-state index contributed by atoms with van der Waals surface area (Å²) in [4.78, 5) is 12.6. The van der Waals surface area contributed by atoms with Gasteiger partial charge in [0.25, 0.3) is 0 Å². The monoisotopic (exact) mass is 430 g/mol. The maximum atomic E-state index is 12.6. The molecule has 1 heterocycles. The van der Waals surface area contributed by atoms with Gasteiger partial charge >= 0.3 is 5.97 Å². The van der Waals surface area contributed by atoms with Crippen molar-refractivity contribution >= 4 is 5.97 Å². The largest absolute Gasteiger partial charge is 0.462 e. The molecule has 0 saturated heterocycles. The molecule has 3 nitrogen and oxygen atoms in total. The van der Waals surface area contributed by atoms with Crippen LogP contribution in [-0.4, -0.2) is 12.6 Å². The first-order valence-corrected chi connectivity index (χ1v) is 10.3. The zero-order valence-corrected chi connectivity index (χ0v) is 20.0. The Morgan fingerprint density at radius 1 is 0.893 bits per heavy atom. The Morgan fingerprint density at radius 3 is 2.36 bits per heavy atom. The molecule has 0 spiro atoms. The van der Waals surface area contributed by atoms with E-state index in [1.807, 2.05) is 42.5 Å². The zero-order chi connectivity index (χ0) is 18.9. The Balaban J connectivity index is 0.00000280. The number of fused-ring (bicyclic) bond motifs is 2. The Labute approximate surface area is 181 Å². The van der Waals surface area contributed by atoms with Crippen molar-refractivity contribution < 1.29 is 33.7 Å². The van der Waals surface area contributed by atoms with E-state index in [4.69, 9.17) is 9.47 Å². The molecule has 0 N–H and O–H groups in total. The van der Waals surface area contributed by atoms with Gasteiger partial charge in [-0.15, -0.1) is 0 Å². The Kier molecular flexibility index (Phi) is 9.71. The smallest absolute Gasteiger partial charge is 0.338 e. The van der Waals surface area contributed by atoms with Crippen LogP contribution in [-0.2, 0) is 30.6 Å². The third-order valence-electron chi connectivity index (χ3n) is 5.14. The van der Waals surface area contributed by atoms with Gasteiger partial charge in [-0.1, -0.05) is 76.1 Å². The maximum absolute atomic E-state index is 12.6. The number of ether oxygens (including phenoxy) is 2. The number of hydrogen-bond acceptors (Lipinski definition) is 3. The van der Waals surface area contributed by atoms with Crippen LogP contribution in [0, 0.1) is 0 Å². The summed E-state index contributed by atoms with van der Waals surface area (Å²) in [5.41, 5.74) is 2.66. The van der Waals surface area contributed by atoms with Gasteiger partial charge in [-0.05, 0) is 30.2 Å². The van der Waals surface area contributed by atoms with E-state index in [1.165, 1.54) is 38.5 Å². The van der Waals surface area contributed by atoms with Crippen LogP contribution in [0.25, 0.3) is 0 Å². The van der Waals surface area contributed by atoms with Crippen molar-refractivity contribution in [2.75, 3.05) is 6.61 Å². The number of benzene rings is 2. The first-order valence-electron chi connectivity index (χ1n) is 10.3. The van der Waals surface area contributed by atoms with Crippen LogP contribution in [0.4, 0.5) is 0 Å². The molecule has 2 aromatic carbocycles. The van der Waals surface area contributed by atoms with E-state index in [0.29, 0.717) is 18.6 Å². The molecule has 0 radical (unpaired) electrons. The van der Waals surface area contributed by atoms with Crippen LogP contribution < -0.4 is 4.74 Å². The minimum Gasteiger partial charge on any atom is -0.462 e. The second-order valence-electron chi connectivity index (χ2n) is 7.28. The normalized spacial score (nSPS) is 11.6. The number of unbranched alkanes of at least 4 members (excludes halogenated alkanes) is 7. The minimum absolute atomic E-state index is 0. The van der Waals surface area contributed by atoms with Crippen molar-refractivity contribution in [2.45, 2.75) is 64.7 Å². The first-order chi connectivity index (χ1) is 13.3. The van der Waals surface area contributed by atoms with Crippen molar-refractivity contribution in [1.29, 1.82) is 0 Å². The SMILES string of the molecule is CCCCCCCCCCOC(=O)c1cccc2c1Cc1ccccc1O2.[Zn]. The summed E-state index contributed by atoms with van der Waals surface area (Å²) in [5.74, 6) is 1.39.